The van der Waals surface area contributed by atoms with Gasteiger partial charge in [0.15, 0.2) is 0 Å². The lowest BCUT2D eigenvalue weighted by molar-refractivity contribution is -0.130. The zero-order chi connectivity index (χ0) is 16.2. The molecule has 0 aliphatic carbocycles. The van der Waals surface area contributed by atoms with Crippen LogP contribution in [0.25, 0.3) is 0 Å². The van der Waals surface area contributed by atoms with Gasteiger partial charge in [-0.05, 0) is 18.4 Å². The van der Waals surface area contributed by atoms with Crippen LogP contribution in [0.4, 0.5) is 13.2 Å². The zero-order valence-corrected chi connectivity index (χ0v) is 12.0. The number of likely N-dealkylation sites (tertiary alicyclic amines) is 1. The van der Waals surface area contributed by atoms with Crippen molar-refractivity contribution in [3.63, 3.8) is 0 Å². The van der Waals surface area contributed by atoms with Gasteiger partial charge in [0.25, 0.3) is 0 Å². The minimum absolute atomic E-state index is 0.0555. The predicted molar refractivity (Wildman–Crippen MR) is 76.1 cm³/mol. The molecule has 0 radical (unpaired) electrons. The first-order chi connectivity index (χ1) is 10.3. The molecule has 0 saturated carbocycles. The van der Waals surface area contributed by atoms with E-state index in [9.17, 15) is 23.1 Å². The quantitative estimate of drug-likeness (QED) is 0.872. The maximum Gasteiger partial charge on any atom is 0.409 e. The third-order valence-electron chi connectivity index (χ3n) is 3.80. The second-order valence-electron chi connectivity index (χ2n) is 5.59. The molecule has 1 N–H and O–H groups in total. The van der Waals surface area contributed by atoms with Crippen LogP contribution >= 0.6 is 0 Å². The molecule has 1 fully saturated rings. The lowest BCUT2D eigenvalue weighted by Crippen LogP contribution is -2.47. The van der Waals surface area contributed by atoms with E-state index >= 15 is 0 Å². The molecule has 0 atom stereocenters. The van der Waals surface area contributed by atoms with Gasteiger partial charge in [-0.1, -0.05) is 30.3 Å². The van der Waals surface area contributed by atoms with Gasteiger partial charge in [-0.2, -0.15) is 13.2 Å². The number of aliphatic hydroxyl groups is 1. The smallest absolute Gasteiger partial charge is 0.389 e. The van der Waals surface area contributed by atoms with Crippen LogP contribution in [0, 0.1) is 0 Å². The van der Waals surface area contributed by atoms with Crippen LogP contribution in [-0.2, 0) is 11.2 Å². The molecule has 1 aromatic rings. The largest absolute Gasteiger partial charge is 0.409 e. The van der Waals surface area contributed by atoms with Crippen LogP contribution in [0.5, 0.6) is 0 Å². The summed E-state index contributed by atoms with van der Waals surface area (Å²) < 4.78 is 36.2. The van der Waals surface area contributed by atoms with Crippen molar-refractivity contribution in [1.82, 2.24) is 4.90 Å². The molecule has 120 valence electrons. The van der Waals surface area contributed by atoms with Crippen LogP contribution in [0.2, 0.25) is 0 Å². The van der Waals surface area contributed by atoms with Crippen molar-refractivity contribution in [2.75, 3.05) is 13.1 Å². The number of piperidine rings is 1. The summed E-state index contributed by atoms with van der Waals surface area (Å²) in [7, 11) is 0. The van der Waals surface area contributed by atoms with E-state index < -0.39 is 17.7 Å². The summed E-state index contributed by atoms with van der Waals surface area (Å²) in [5.74, 6) is -0.668. The molecular formula is C16H18F3NO2. The Balaban J connectivity index is 1.89. The zero-order valence-electron chi connectivity index (χ0n) is 12.0. The Morgan fingerprint density at radius 1 is 1.23 bits per heavy atom. The SMILES string of the molecule is O=C(/C=C/C(F)(F)F)N1CCC(O)(Cc2ccccc2)CC1. The molecule has 1 aromatic carbocycles. The number of carbonyl (C=O) groups is 1. The van der Waals surface area contributed by atoms with Gasteiger partial charge in [0.1, 0.15) is 0 Å². The number of amides is 1. The number of alkyl halides is 3. The second kappa shape index (κ2) is 6.52. The maximum absolute atomic E-state index is 12.1. The summed E-state index contributed by atoms with van der Waals surface area (Å²) in [4.78, 5) is 13.0. The van der Waals surface area contributed by atoms with Gasteiger partial charge >= 0.3 is 6.18 Å². The van der Waals surface area contributed by atoms with Gasteiger partial charge in [-0.15, -0.1) is 0 Å². The van der Waals surface area contributed by atoms with Crippen molar-refractivity contribution in [2.45, 2.75) is 31.0 Å². The highest BCUT2D eigenvalue weighted by Gasteiger charge is 2.33. The summed E-state index contributed by atoms with van der Waals surface area (Å²) in [5.41, 5.74) is 0.0908. The van der Waals surface area contributed by atoms with Crippen molar-refractivity contribution in [3.05, 3.63) is 48.0 Å². The Bertz CT molecular complexity index is 532. The van der Waals surface area contributed by atoms with Crippen molar-refractivity contribution in [3.8, 4) is 0 Å². The molecule has 1 aliphatic rings. The minimum Gasteiger partial charge on any atom is -0.389 e. The van der Waals surface area contributed by atoms with E-state index in [0.29, 0.717) is 25.3 Å². The Morgan fingerprint density at radius 3 is 2.36 bits per heavy atom. The van der Waals surface area contributed by atoms with E-state index in [-0.39, 0.29) is 19.2 Å². The van der Waals surface area contributed by atoms with Crippen molar-refractivity contribution in [2.24, 2.45) is 0 Å². The van der Waals surface area contributed by atoms with E-state index in [0.717, 1.165) is 5.56 Å². The van der Waals surface area contributed by atoms with Crippen molar-refractivity contribution >= 4 is 5.91 Å². The Kier molecular flexibility index (Phi) is 4.90. The first-order valence-electron chi connectivity index (χ1n) is 7.09. The summed E-state index contributed by atoms with van der Waals surface area (Å²) in [6.07, 6.45) is -2.81. The van der Waals surface area contributed by atoms with Crippen LogP contribution in [-0.4, -0.2) is 40.8 Å². The summed E-state index contributed by atoms with van der Waals surface area (Å²) >= 11 is 0. The Labute approximate surface area is 127 Å². The average molecular weight is 313 g/mol. The van der Waals surface area contributed by atoms with Gasteiger partial charge in [-0.3, -0.25) is 4.79 Å². The van der Waals surface area contributed by atoms with Gasteiger partial charge in [0.2, 0.25) is 5.91 Å². The van der Waals surface area contributed by atoms with Gasteiger partial charge in [-0.25, -0.2) is 0 Å². The number of carbonyl (C=O) groups excluding carboxylic acids is 1. The Morgan fingerprint density at radius 2 is 1.82 bits per heavy atom. The molecule has 22 heavy (non-hydrogen) atoms. The topological polar surface area (TPSA) is 40.5 Å². The normalized spacial score (nSPS) is 18.6. The van der Waals surface area contributed by atoms with Gasteiger partial charge in [0.05, 0.1) is 5.60 Å². The van der Waals surface area contributed by atoms with Crippen LogP contribution in [0.3, 0.4) is 0 Å². The lowest BCUT2D eigenvalue weighted by atomic mass is 9.85. The fourth-order valence-electron chi connectivity index (χ4n) is 2.57. The van der Waals surface area contributed by atoms with Gasteiger partial charge < -0.3 is 10.0 Å². The van der Waals surface area contributed by atoms with Crippen LogP contribution in [0.1, 0.15) is 18.4 Å². The number of hydrogen-bond donors (Lipinski definition) is 1. The standard InChI is InChI=1S/C16H18F3NO2/c17-16(18,19)7-6-14(21)20-10-8-15(22,9-11-20)12-13-4-2-1-3-5-13/h1-7,22H,8-12H2/b7-6+. The average Bonchev–Trinajstić information content (AvgIpc) is 2.45. The Hall–Kier alpha value is -1.82. The fraction of sp³-hybridized carbons (Fsp3) is 0.438. The number of nitrogens with zero attached hydrogens (tertiary/aromatic N) is 1. The third-order valence-corrected chi connectivity index (χ3v) is 3.80. The predicted octanol–water partition coefficient (Wildman–Crippen LogP) is 2.70. The highest BCUT2D eigenvalue weighted by Crippen LogP contribution is 2.26. The van der Waals surface area contributed by atoms with Crippen LogP contribution < -0.4 is 0 Å². The number of benzene rings is 1. The van der Waals surface area contributed by atoms with E-state index in [1.165, 1.54) is 4.90 Å². The summed E-state index contributed by atoms with van der Waals surface area (Å²) in [5, 5.41) is 10.5. The molecule has 1 heterocycles. The minimum atomic E-state index is -4.49. The monoisotopic (exact) mass is 313 g/mol. The molecule has 6 heteroatoms. The van der Waals surface area contributed by atoms with E-state index in [2.05, 4.69) is 0 Å². The maximum atomic E-state index is 12.1. The highest BCUT2D eigenvalue weighted by molar-refractivity contribution is 5.87. The van der Waals surface area contributed by atoms with E-state index in [1.54, 1.807) is 0 Å². The molecular weight excluding hydrogens is 295 g/mol. The highest BCUT2D eigenvalue weighted by atomic mass is 19.4. The molecule has 0 unspecified atom stereocenters. The first-order valence-corrected chi connectivity index (χ1v) is 7.09. The summed E-state index contributed by atoms with van der Waals surface area (Å²) in [6.45, 7) is 0.509. The molecule has 1 aliphatic heterocycles. The van der Waals surface area contributed by atoms with E-state index in [1.807, 2.05) is 30.3 Å². The van der Waals surface area contributed by atoms with Crippen molar-refractivity contribution in [1.29, 1.82) is 0 Å². The molecule has 1 saturated heterocycles. The third kappa shape index (κ3) is 4.87. The number of allylic oxidation sites excluding steroid dienone is 1. The lowest BCUT2D eigenvalue weighted by Gasteiger charge is -2.38. The molecule has 0 spiro atoms. The first kappa shape index (κ1) is 16.5. The van der Waals surface area contributed by atoms with E-state index in [4.69, 9.17) is 0 Å². The number of halogens is 3. The number of rotatable bonds is 3. The van der Waals surface area contributed by atoms with Gasteiger partial charge in [0, 0.05) is 31.7 Å². The molecule has 1 amide bonds. The second-order valence-corrected chi connectivity index (χ2v) is 5.59. The summed E-state index contributed by atoms with van der Waals surface area (Å²) in [6, 6.07) is 9.50. The molecule has 3 nitrogen and oxygen atoms in total. The molecule has 2 rings (SSSR count). The molecule has 0 aromatic heterocycles. The van der Waals surface area contributed by atoms with Crippen LogP contribution in [0.15, 0.2) is 42.5 Å². The fourth-order valence-corrected chi connectivity index (χ4v) is 2.57. The number of hydrogen-bond acceptors (Lipinski definition) is 2. The molecule has 0 bridgehead atoms. The van der Waals surface area contributed by atoms with Crippen molar-refractivity contribution < 1.29 is 23.1 Å².